The molecule has 1 aliphatic rings. The highest BCUT2D eigenvalue weighted by Crippen LogP contribution is 2.37. The number of piperazine rings is 1. The fourth-order valence-electron chi connectivity index (χ4n) is 5.54. The minimum atomic E-state index is -1.28. The Morgan fingerprint density at radius 2 is 1.95 bits per heavy atom. The van der Waals surface area contributed by atoms with E-state index < -0.39 is 30.8 Å². The monoisotopic (exact) mass is 624 g/mol. The molecule has 228 valence electrons. The largest absolute Gasteiger partial charge is 0.355 e. The molecule has 1 saturated heterocycles. The summed E-state index contributed by atoms with van der Waals surface area (Å²) in [6.07, 6.45) is 3.08. The van der Waals surface area contributed by atoms with E-state index in [2.05, 4.69) is 21.5 Å². The maximum absolute atomic E-state index is 15.2. The first-order valence-corrected chi connectivity index (χ1v) is 14.2. The summed E-state index contributed by atoms with van der Waals surface area (Å²) in [7, 11) is 0. The fraction of sp³-hybridized carbons (Fsp3) is 0.290. The number of alkyl halides is 2. The average Bonchev–Trinajstić information content (AvgIpc) is 3.01. The molecule has 0 N–H and O–H groups in total. The van der Waals surface area contributed by atoms with Gasteiger partial charge in [0.15, 0.2) is 11.9 Å². The van der Waals surface area contributed by atoms with Crippen LogP contribution in [-0.2, 0) is 4.79 Å². The second-order valence-corrected chi connectivity index (χ2v) is 10.9. The molecule has 0 saturated carbocycles. The molecular formula is C31H28ClF3N6O3. The molecule has 0 unspecified atom stereocenters. The molecule has 44 heavy (non-hydrogen) atoms. The zero-order valence-corrected chi connectivity index (χ0v) is 24.7. The summed E-state index contributed by atoms with van der Waals surface area (Å²) in [6, 6.07) is 6.67. The van der Waals surface area contributed by atoms with Gasteiger partial charge in [-0.15, -0.1) is 0 Å². The topological polar surface area (TPSA) is 101 Å². The standard InChI is InChI=1S/C31H28ClF3N6O3/c1-4-24(43)39-10-11-40(18(3)15-39)29-21-12-22(32)27(25-19(16-42)6-5-7-23(25)35)37-30(21)41(31(44)38-29)28-17(2)8-9-36-26(28)20(13-33)14-34/h4-9,12,16,18,20H,1,10-11,13-15H2,2-3H3/t18-/m0/s1. The number of aromatic nitrogens is 4. The molecule has 0 radical (unpaired) electrons. The predicted molar refractivity (Wildman–Crippen MR) is 162 cm³/mol. The number of benzene rings is 1. The number of aldehydes is 1. The first-order valence-electron chi connectivity index (χ1n) is 13.8. The van der Waals surface area contributed by atoms with Crippen LogP contribution in [0.1, 0.15) is 34.5 Å². The number of aryl methyl sites for hydroxylation is 1. The predicted octanol–water partition coefficient (Wildman–Crippen LogP) is 5.00. The van der Waals surface area contributed by atoms with Gasteiger partial charge < -0.3 is 9.80 Å². The van der Waals surface area contributed by atoms with Crippen LogP contribution in [-0.4, -0.2) is 75.6 Å². The molecular weight excluding hydrogens is 597 g/mol. The molecule has 0 bridgehead atoms. The van der Waals surface area contributed by atoms with Gasteiger partial charge in [0.05, 0.1) is 33.4 Å². The normalized spacial score (nSPS) is 15.2. The third-order valence-electron chi connectivity index (χ3n) is 7.73. The highest BCUT2D eigenvalue weighted by atomic mass is 35.5. The summed E-state index contributed by atoms with van der Waals surface area (Å²) in [5.41, 5.74) is -0.654. The van der Waals surface area contributed by atoms with E-state index in [1.807, 2.05) is 11.8 Å². The molecule has 1 amide bonds. The molecule has 9 nitrogen and oxygen atoms in total. The van der Waals surface area contributed by atoms with Crippen LogP contribution in [0.2, 0.25) is 5.02 Å². The van der Waals surface area contributed by atoms with Gasteiger partial charge in [0.25, 0.3) is 0 Å². The molecule has 0 aliphatic carbocycles. The summed E-state index contributed by atoms with van der Waals surface area (Å²) in [6.45, 7) is 5.83. The van der Waals surface area contributed by atoms with Crippen molar-refractivity contribution in [1.29, 1.82) is 0 Å². The van der Waals surface area contributed by atoms with Crippen LogP contribution >= 0.6 is 11.6 Å². The molecule has 0 spiro atoms. The highest BCUT2D eigenvalue weighted by molar-refractivity contribution is 6.34. The summed E-state index contributed by atoms with van der Waals surface area (Å²) < 4.78 is 44.3. The quantitative estimate of drug-likeness (QED) is 0.201. The number of anilines is 1. The third kappa shape index (κ3) is 5.34. The maximum atomic E-state index is 15.2. The zero-order valence-electron chi connectivity index (χ0n) is 23.9. The van der Waals surface area contributed by atoms with E-state index in [0.717, 1.165) is 10.6 Å². The lowest BCUT2D eigenvalue weighted by molar-refractivity contribution is -0.126. The Hall–Kier alpha value is -4.58. The molecule has 4 aromatic rings. The second kappa shape index (κ2) is 12.6. The molecule has 1 aromatic carbocycles. The SMILES string of the molecule is C=CC(=O)N1CCN(c2nc(=O)n(-c3c(C)ccnc3C(CF)CF)c3nc(-c4c(F)cccc4C=O)c(Cl)cc23)[C@@H](C)C1. The first-order chi connectivity index (χ1) is 21.1. The van der Waals surface area contributed by atoms with Gasteiger partial charge in [0, 0.05) is 43.0 Å². The zero-order chi connectivity index (χ0) is 31.7. The number of hydrogen-bond donors (Lipinski definition) is 0. The van der Waals surface area contributed by atoms with E-state index in [0.29, 0.717) is 31.5 Å². The lowest BCUT2D eigenvalue weighted by Gasteiger charge is -2.40. The van der Waals surface area contributed by atoms with Crippen molar-refractivity contribution >= 4 is 40.6 Å². The van der Waals surface area contributed by atoms with Crippen LogP contribution in [0.25, 0.3) is 28.0 Å². The molecule has 4 heterocycles. The van der Waals surface area contributed by atoms with Gasteiger partial charge >= 0.3 is 5.69 Å². The Bertz CT molecular complexity index is 1850. The number of rotatable bonds is 8. The number of fused-ring (bicyclic) bond motifs is 1. The number of carbonyl (C=O) groups excluding carboxylic acids is 2. The van der Waals surface area contributed by atoms with Crippen molar-refractivity contribution in [1.82, 2.24) is 24.4 Å². The smallest absolute Gasteiger partial charge is 0.350 e. The number of nitrogens with zero attached hydrogens (tertiary/aromatic N) is 6. The first kappa shape index (κ1) is 30.9. The van der Waals surface area contributed by atoms with E-state index in [-0.39, 0.29) is 62.0 Å². The Kier molecular flexibility index (Phi) is 8.82. The van der Waals surface area contributed by atoms with Crippen molar-refractivity contribution in [3.05, 3.63) is 87.3 Å². The molecule has 3 aromatic heterocycles. The van der Waals surface area contributed by atoms with Crippen LogP contribution in [0.3, 0.4) is 0 Å². The number of carbonyl (C=O) groups is 2. The average molecular weight is 625 g/mol. The maximum Gasteiger partial charge on any atom is 0.355 e. The summed E-state index contributed by atoms with van der Waals surface area (Å²) >= 11 is 6.71. The Morgan fingerprint density at radius 3 is 2.61 bits per heavy atom. The minimum Gasteiger partial charge on any atom is -0.350 e. The van der Waals surface area contributed by atoms with Gasteiger partial charge in [-0.3, -0.25) is 23.4 Å². The van der Waals surface area contributed by atoms with Crippen LogP contribution in [0.4, 0.5) is 19.0 Å². The van der Waals surface area contributed by atoms with Crippen molar-refractivity contribution in [2.45, 2.75) is 25.8 Å². The molecule has 13 heteroatoms. The lowest BCUT2D eigenvalue weighted by atomic mass is 10.0. The Balaban J connectivity index is 1.85. The van der Waals surface area contributed by atoms with Gasteiger partial charge in [-0.2, -0.15) is 4.98 Å². The van der Waals surface area contributed by atoms with Gasteiger partial charge in [-0.1, -0.05) is 30.3 Å². The fourth-order valence-corrected chi connectivity index (χ4v) is 5.79. The molecule has 1 atom stereocenters. The van der Waals surface area contributed by atoms with Crippen molar-refractivity contribution in [2.24, 2.45) is 0 Å². The molecule has 5 rings (SSSR count). The second-order valence-electron chi connectivity index (χ2n) is 10.5. The van der Waals surface area contributed by atoms with Crippen molar-refractivity contribution in [3.63, 3.8) is 0 Å². The van der Waals surface area contributed by atoms with Crippen LogP contribution in [0, 0.1) is 12.7 Å². The van der Waals surface area contributed by atoms with E-state index in [4.69, 9.17) is 11.6 Å². The third-order valence-corrected chi connectivity index (χ3v) is 8.02. The molecule has 1 fully saturated rings. The van der Waals surface area contributed by atoms with Crippen molar-refractivity contribution in [2.75, 3.05) is 37.9 Å². The molecule has 1 aliphatic heterocycles. The Morgan fingerprint density at radius 1 is 1.20 bits per heavy atom. The van der Waals surface area contributed by atoms with Gasteiger partial charge in [-0.25, -0.2) is 18.7 Å². The number of halogens is 4. The van der Waals surface area contributed by atoms with Gasteiger partial charge in [0.2, 0.25) is 5.91 Å². The summed E-state index contributed by atoms with van der Waals surface area (Å²) in [4.78, 5) is 54.8. The van der Waals surface area contributed by atoms with Crippen LogP contribution in [0.5, 0.6) is 0 Å². The summed E-state index contributed by atoms with van der Waals surface area (Å²) in [5, 5.41) is 0.254. The van der Waals surface area contributed by atoms with Crippen LogP contribution in [0.15, 0.2) is 54.0 Å². The highest BCUT2D eigenvalue weighted by Gasteiger charge is 2.31. The van der Waals surface area contributed by atoms with E-state index in [9.17, 15) is 23.2 Å². The van der Waals surface area contributed by atoms with Crippen molar-refractivity contribution in [3.8, 4) is 16.9 Å². The Labute approximate surface area is 255 Å². The van der Waals surface area contributed by atoms with E-state index >= 15 is 4.39 Å². The number of pyridine rings is 2. The minimum absolute atomic E-state index is 0.0179. The lowest BCUT2D eigenvalue weighted by Crippen LogP contribution is -2.54. The number of hydrogen-bond acceptors (Lipinski definition) is 7. The van der Waals surface area contributed by atoms with E-state index in [1.165, 1.54) is 30.5 Å². The summed E-state index contributed by atoms with van der Waals surface area (Å²) in [5.74, 6) is -2.07. The van der Waals surface area contributed by atoms with Crippen LogP contribution < -0.4 is 10.6 Å². The van der Waals surface area contributed by atoms with Gasteiger partial charge in [0.1, 0.15) is 25.0 Å². The van der Waals surface area contributed by atoms with Crippen molar-refractivity contribution < 1.29 is 22.8 Å². The number of amides is 1. The van der Waals surface area contributed by atoms with Gasteiger partial charge in [-0.05, 0) is 43.7 Å². The van der Waals surface area contributed by atoms with E-state index in [1.54, 1.807) is 17.9 Å².